The molecule has 0 spiro atoms. The van der Waals surface area contributed by atoms with Crippen molar-refractivity contribution in [3.05, 3.63) is 79.3 Å². The molecule has 4 aromatic rings. The van der Waals surface area contributed by atoms with Crippen LogP contribution in [-0.2, 0) is 0 Å². The lowest BCUT2D eigenvalue weighted by molar-refractivity contribution is 0.0945. The molecule has 0 bridgehead atoms. The van der Waals surface area contributed by atoms with Gasteiger partial charge in [-0.2, -0.15) is 0 Å². The fourth-order valence-electron chi connectivity index (χ4n) is 2.98. The largest absolute Gasteiger partial charge is 0.345 e. The number of hydrogen-bond acceptors (Lipinski definition) is 4. The van der Waals surface area contributed by atoms with Gasteiger partial charge in [-0.25, -0.2) is 0 Å². The molecular weight excluding hydrogens is 366 g/mol. The average Bonchev–Trinajstić information content (AvgIpc) is 2.99. The third-order valence-electron chi connectivity index (χ3n) is 4.29. The Labute approximate surface area is 157 Å². The number of H-pyrrole nitrogens is 1. The number of carbonyl (C=O) groups excluding carboxylic acids is 1. The van der Waals surface area contributed by atoms with E-state index in [0.717, 1.165) is 5.56 Å². The maximum absolute atomic E-state index is 12.8. The van der Waals surface area contributed by atoms with E-state index in [9.17, 15) is 9.59 Å². The Morgan fingerprint density at radius 1 is 1.15 bits per heavy atom. The molecule has 0 aliphatic heterocycles. The minimum absolute atomic E-state index is 0.161. The summed E-state index contributed by atoms with van der Waals surface area (Å²) in [4.78, 5) is 28.4. The first-order valence-corrected chi connectivity index (χ1v) is 9.31. The molecule has 2 aromatic carbocycles. The number of rotatable bonds is 3. The minimum Gasteiger partial charge on any atom is -0.345 e. The summed E-state index contributed by atoms with van der Waals surface area (Å²) < 4.78 is 2.27. The molecule has 0 aliphatic rings. The second kappa shape index (κ2) is 6.51. The summed E-state index contributed by atoms with van der Waals surface area (Å²) in [6.45, 7) is 1.92. The van der Waals surface area contributed by atoms with Gasteiger partial charge in [-0.1, -0.05) is 53.8 Å². The van der Waals surface area contributed by atoms with Crippen molar-refractivity contribution in [1.82, 2.24) is 14.7 Å². The van der Waals surface area contributed by atoms with Crippen molar-refractivity contribution < 1.29 is 4.79 Å². The first-order valence-electron chi connectivity index (χ1n) is 8.08. The molecule has 0 unspecified atom stereocenters. The highest BCUT2D eigenvalue weighted by Crippen LogP contribution is 2.23. The van der Waals surface area contributed by atoms with E-state index in [0.29, 0.717) is 25.4 Å². The Balaban J connectivity index is 1.81. The predicted octanol–water partition coefficient (Wildman–Crippen LogP) is 4.06. The molecule has 26 heavy (non-hydrogen) atoms. The molecule has 0 fully saturated rings. The van der Waals surface area contributed by atoms with Gasteiger partial charge in [-0.3, -0.25) is 14.0 Å². The smallest absolute Gasteiger partial charge is 0.265 e. The summed E-state index contributed by atoms with van der Waals surface area (Å²) in [5.41, 5.74) is 1.90. The Morgan fingerprint density at radius 3 is 2.62 bits per heavy atom. The number of aromatic amines is 1. The maximum Gasteiger partial charge on any atom is 0.265 e. The molecule has 1 atom stereocenters. The van der Waals surface area contributed by atoms with Crippen molar-refractivity contribution in [3.63, 3.8) is 0 Å². The molecule has 7 heteroatoms. The van der Waals surface area contributed by atoms with E-state index >= 15 is 0 Å². The summed E-state index contributed by atoms with van der Waals surface area (Å²) in [7, 11) is 0. The summed E-state index contributed by atoms with van der Waals surface area (Å²) >= 11 is 6.64. The van der Waals surface area contributed by atoms with Crippen LogP contribution in [0.5, 0.6) is 0 Å². The summed E-state index contributed by atoms with van der Waals surface area (Å²) in [6.07, 6.45) is 0. The monoisotopic (exact) mass is 381 g/mol. The lowest BCUT2D eigenvalue weighted by Crippen LogP contribution is -2.26. The van der Waals surface area contributed by atoms with Crippen molar-refractivity contribution in [2.45, 2.75) is 13.0 Å². The zero-order chi connectivity index (χ0) is 18.3. The topological polar surface area (TPSA) is 66.4 Å². The van der Waals surface area contributed by atoms with Crippen molar-refractivity contribution in [2.24, 2.45) is 0 Å². The van der Waals surface area contributed by atoms with Gasteiger partial charge in [-0.15, -0.1) is 0 Å². The molecule has 5 nitrogen and oxygen atoms in total. The van der Waals surface area contributed by atoms with Gasteiger partial charge in [-0.05, 0) is 36.8 Å². The number of amides is 1. The molecule has 0 saturated heterocycles. The fraction of sp³-hybridized carbons (Fsp3) is 0.105. The number of thiazole rings is 1. The normalized spacial score (nSPS) is 12.3. The van der Waals surface area contributed by atoms with Gasteiger partial charge < -0.3 is 10.3 Å². The molecule has 0 radical (unpaired) electrons. The number of hydrogen-bond donors (Lipinski definition) is 2. The second-order valence-corrected chi connectivity index (χ2v) is 7.60. The SMILES string of the molecule is C[C@@H](NC(=O)c1sc(=S)n2c1[nH]c(=O)c1ccccc12)c1ccccc1. The molecule has 2 aromatic heterocycles. The minimum atomic E-state index is -0.258. The van der Waals surface area contributed by atoms with Crippen molar-refractivity contribution in [1.29, 1.82) is 0 Å². The summed E-state index contributed by atoms with van der Waals surface area (Å²) in [5.74, 6) is -0.258. The number of aromatic nitrogens is 2. The fourth-order valence-corrected chi connectivity index (χ4v) is 4.27. The van der Waals surface area contributed by atoms with E-state index in [1.807, 2.05) is 49.4 Å². The van der Waals surface area contributed by atoms with E-state index in [1.54, 1.807) is 16.5 Å². The number of nitrogens with zero attached hydrogens (tertiary/aromatic N) is 1. The third-order valence-corrected chi connectivity index (χ3v) is 5.66. The highest BCUT2D eigenvalue weighted by Gasteiger charge is 2.19. The standard InChI is InChI=1S/C19H15N3O2S2/c1-11(12-7-3-2-4-8-12)20-18(24)15-16-21-17(23)13-9-5-6-10-14(13)22(16)19(25)26-15/h2-11H,1H3,(H,20,24)(H,21,23)/t11-/m1/s1. The van der Waals surface area contributed by atoms with Crippen LogP contribution in [0, 0.1) is 3.95 Å². The van der Waals surface area contributed by atoms with Gasteiger partial charge in [0.25, 0.3) is 11.5 Å². The van der Waals surface area contributed by atoms with E-state index in [2.05, 4.69) is 10.3 Å². The van der Waals surface area contributed by atoms with Crippen LogP contribution in [0.15, 0.2) is 59.4 Å². The Kier molecular flexibility index (Phi) is 4.18. The number of nitrogens with one attached hydrogen (secondary N) is 2. The Bertz CT molecular complexity index is 1240. The van der Waals surface area contributed by atoms with Crippen LogP contribution in [0.2, 0.25) is 0 Å². The van der Waals surface area contributed by atoms with E-state index in [4.69, 9.17) is 12.2 Å². The lowest BCUT2D eigenvalue weighted by Gasteiger charge is -2.13. The number of carbonyl (C=O) groups is 1. The van der Waals surface area contributed by atoms with Crippen LogP contribution in [-0.4, -0.2) is 15.3 Å². The zero-order valence-corrected chi connectivity index (χ0v) is 15.5. The van der Waals surface area contributed by atoms with E-state index in [1.165, 1.54) is 11.3 Å². The van der Waals surface area contributed by atoms with Crippen LogP contribution < -0.4 is 10.9 Å². The second-order valence-electron chi connectivity index (χ2n) is 5.96. The highest BCUT2D eigenvalue weighted by atomic mass is 32.1. The van der Waals surface area contributed by atoms with Gasteiger partial charge in [0.1, 0.15) is 10.5 Å². The van der Waals surface area contributed by atoms with Crippen LogP contribution >= 0.6 is 23.6 Å². The van der Waals surface area contributed by atoms with Crippen LogP contribution in [0.3, 0.4) is 0 Å². The molecule has 4 rings (SSSR count). The van der Waals surface area contributed by atoms with Crippen molar-refractivity contribution in [3.8, 4) is 0 Å². The van der Waals surface area contributed by atoms with E-state index < -0.39 is 0 Å². The molecule has 2 heterocycles. The van der Waals surface area contributed by atoms with Gasteiger partial charge >= 0.3 is 0 Å². The number of benzene rings is 2. The number of para-hydroxylation sites is 1. The predicted molar refractivity (Wildman–Crippen MR) is 107 cm³/mol. The highest BCUT2D eigenvalue weighted by molar-refractivity contribution is 7.73. The van der Waals surface area contributed by atoms with Crippen LogP contribution in [0.25, 0.3) is 16.6 Å². The summed E-state index contributed by atoms with van der Waals surface area (Å²) in [6, 6.07) is 16.8. The quantitative estimate of drug-likeness (QED) is 0.526. The van der Waals surface area contributed by atoms with Gasteiger partial charge in [0.15, 0.2) is 3.95 Å². The lowest BCUT2D eigenvalue weighted by atomic mass is 10.1. The Morgan fingerprint density at radius 2 is 1.85 bits per heavy atom. The first-order chi connectivity index (χ1) is 12.6. The average molecular weight is 381 g/mol. The van der Waals surface area contributed by atoms with Gasteiger partial charge in [0, 0.05) is 0 Å². The van der Waals surface area contributed by atoms with Crippen LogP contribution in [0.1, 0.15) is 28.2 Å². The summed E-state index contributed by atoms with van der Waals surface area (Å²) in [5, 5.41) is 3.52. The number of fused-ring (bicyclic) bond motifs is 3. The first kappa shape index (κ1) is 16.7. The third kappa shape index (κ3) is 2.75. The molecule has 0 saturated carbocycles. The zero-order valence-electron chi connectivity index (χ0n) is 13.9. The molecule has 1 amide bonds. The molecule has 130 valence electrons. The van der Waals surface area contributed by atoms with Crippen LogP contribution in [0.4, 0.5) is 0 Å². The van der Waals surface area contributed by atoms with Gasteiger partial charge in [0.05, 0.1) is 16.9 Å². The van der Waals surface area contributed by atoms with Crippen molar-refractivity contribution >= 4 is 46.0 Å². The van der Waals surface area contributed by atoms with E-state index in [-0.39, 0.29) is 17.5 Å². The maximum atomic E-state index is 12.8. The molecule has 2 N–H and O–H groups in total. The molecular formula is C19H15N3O2S2. The van der Waals surface area contributed by atoms with Crippen molar-refractivity contribution in [2.75, 3.05) is 0 Å². The van der Waals surface area contributed by atoms with Gasteiger partial charge in [0.2, 0.25) is 0 Å². The Hall–Kier alpha value is -2.77. The molecule has 0 aliphatic carbocycles.